The van der Waals surface area contributed by atoms with Gasteiger partial charge in [0.25, 0.3) is 0 Å². The van der Waals surface area contributed by atoms with E-state index in [0.29, 0.717) is 0 Å². The van der Waals surface area contributed by atoms with E-state index in [2.05, 4.69) is 111 Å². The van der Waals surface area contributed by atoms with E-state index in [1.807, 2.05) is 0 Å². The molecule has 0 aromatic heterocycles. The van der Waals surface area contributed by atoms with Gasteiger partial charge in [0.1, 0.15) is 0 Å². The van der Waals surface area contributed by atoms with E-state index in [1.54, 1.807) is 12.2 Å². The fourth-order valence-corrected chi connectivity index (χ4v) is 4.54. The second kappa shape index (κ2) is 10.2. The monoisotopic (exact) mass is 418 g/mol. The van der Waals surface area contributed by atoms with Crippen LogP contribution in [-0.2, 0) is 4.79 Å². The average Bonchev–Trinajstić information content (AvgIpc) is 2.85. The maximum Gasteiger partial charge on any atom is 0.178 e. The average molecular weight is 419 g/mol. The van der Waals surface area contributed by atoms with Gasteiger partial charge in [-0.15, -0.1) is 0 Å². The van der Waals surface area contributed by atoms with E-state index >= 15 is 0 Å². The Hall–Kier alpha value is -3.45. The molecule has 2 unspecified atom stereocenters. The smallest absolute Gasteiger partial charge is 0.178 e. The summed E-state index contributed by atoms with van der Waals surface area (Å²) < 4.78 is 0. The number of carbonyl (C=O) groups excluding carboxylic acids is 1. The Balaban J connectivity index is 1.53. The first kappa shape index (κ1) is 21.8. The summed E-state index contributed by atoms with van der Waals surface area (Å²) in [7, 11) is 0. The lowest BCUT2D eigenvalue weighted by atomic mass is 9.90. The zero-order valence-electron chi connectivity index (χ0n) is 18.9. The van der Waals surface area contributed by atoms with Crippen molar-refractivity contribution in [2.24, 2.45) is 0 Å². The van der Waals surface area contributed by atoms with E-state index in [4.69, 9.17) is 0 Å². The van der Waals surface area contributed by atoms with E-state index in [-0.39, 0.29) is 17.6 Å². The van der Waals surface area contributed by atoms with Gasteiger partial charge in [0.05, 0.1) is 0 Å². The highest BCUT2D eigenvalue weighted by molar-refractivity contribution is 5.99. The number of carbonyl (C=O) groups is 1. The topological polar surface area (TPSA) is 17.1 Å². The predicted octanol–water partition coefficient (Wildman–Crippen LogP) is 8.36. The predicted molar refractivity (Wildman–Crippen MR) is 137 cm³/mol. The largest absolute Gasteiger partial charge is 0.290 e. The molecule has 0 heterocycles. The van der Waals surface area contributed by atoms with Crippen molar-refractivity contribution in [2.45, 2.75) is 38.5 Å². The van der Waals surface area contributed by atoms with Crippen LogP contribution in [0.1, 0.15) is 49.7 Å². The molecule has 0 N–H and O–H groups in total. The first-order valence-corrected chi connectivity index (χ1v) is 11.6. The number of fused-ring (bicyclic) bond motifs is 2. The molecule has 0 aliphatic carbocycles. The van der Waals surface area contributed by atoms with Crippen molar-refractivity contribution < 1.29 is 4.79 Å². The molecular formula is C31H30O. The van der Waals surface area contributed by atoms with Crippen LogP contribution >= 0.6 is 0 Å². The third kappa shape index (κ3) is 4.73. The van der Waals surface area contributed by atoms with Crippen LogP contribution in [0.15, 0.2) is 109 Å². The summed E-state index contributed by atoms with van der Waals surface area (Å²) in [4.78, 5) is 12.7. The summed E-state index contributed by atoms with van der Waals surface area (Å²) in [5.74, 6) is 0.486. The highest BCUT2D eigenvalue weighted by atomic mass is 16.1. The molecule has 160 valence electrons. The Labute approximate surface area is 191 Å². The molecule has 32 heavy (non-hydrogen) atoms. The maximum atomic E-state index is 12.7. The highest BCUT2D eigenvalue weighted by Gasteiger charge is 2.11. The fourth-order valence-electron chi connectivity index (χ4n) is 4.54. The molecule has 0 saturated carbocycles. The molecule has 0 bridgehead atoms. The minimum Gasteiger partial charge on any atom is -0.290 e. The number of ketones is 1. The summed E-state index contributed by atoms with van der Waals surface area (Å²) in [6, 6.07) is 29.7. The lowest BCUT2D eigenvalue weighted by molar-refractivity contribution is -0.110. The molecule has 0 fully saturated rings. The number of hydrogen-bond acceptors (Lipinski definition) is 1. The Morgan fingerprint density at radius 3 is 1.47 bits per heavy atom. The Bertz CT molecular complexity index is 1170. The second-order valence-electron chi connectivity index (χ2n) is 8.29. The maximum absolute atomic E-state index is 12.7. The van der Waals surface area contributed by atoms with Crippen molar-refractivity contribution in [1.29, 1.82) is 0 Å². The molecule has 0 spiro atoms. The van der Waals surface area contributed by atoms with Crippen molar-refractivity contribution in [3.8, 4) is 0 Å². The van der Waals surface area contributed by atoms with Gasteiger partial charge in [0.15, 0.2) is 5.78 Å². The second-order valence-corrected chi connectivity index (χ2v) is 8.29. The van der Waals surface area contributed by atoms with Gasteiger partial charge in [-0.25, -0.2) is 0 Å². The van der Waals surface area contributed by atoms with Gasteiger partial charge in [0, 0.05) is 11.8 Å². The van der Waals surface area contributed by atoms with Gasteiger partial charge in [-0.1, -0.05) is 111 Å². The third-order valence-electron chi connectivity index (χ3n) is 6.31. The van der Waals surface area contributed by atoms with Crippen LogP contribution in [0, 0.1) is 0 Å². The molecule has 0 radical (unpaired) electrons. The van der Waals surface area contributed by atoms with Crippen molar-refractivity contribution in [1.82, 2.24) is 0 Å². The molecule has 2 atom stereocenters. The summed E-state index contributed by atoms with van der Waals surface area (Å²) >= 11 is 0. The number of rotatable bonds is 8. The molecule has 1 heteroatoms. The molecule has 0 aliphatic heterocycles. The summed E-state index contributed by atoms with van der Waals surface area (Å²) in [5, 5.41) is 5.00. The zero-order chi connectivity index (χ0) is 22.3. The minimum absolute atomic E-state index is 0.0439. The van der Waals surface area contributed by atoms with Gasteiger partial charge < -0.3 is 0 Å². The molecule has 4 rings (SSSR count). The molecule has 0 saturated heterocycles. The molecule has 0 amide bonds. The Kier molecular flexibility index (Phi) is 6.97. The van der Waals surface area contributed by atoms with E-state index < -0.39 is 0 Å². The van der Waals surface area contributed by atoms with Crippen LogP contribution in [0.25, 0.3) is 21.5 Å². The molecular weight excluding hydrogens is 388 g/mol. The van der Waals surface area contributed by atoms with Crippen LogP contribution in [0.5, 0.6) is 0 Å². The summed E-state index contributed by atoms with van der Waals surface area (Å²) in [6.45, 7) is 4.34. The van der Waals surface area contributed by atoms with E-state index in [1.165, 1.54) is 32.7 Å². The lowest BCUT2D eigenvalue weighted by Crippen LogP contribution is -1.98. The normalized spacial score (nSPS) is 13.8. The lowest BCUT2D eigenvalue weighted by Gasteiger charge is -2.14. The van der Waals surface area contributed by atoms with Crippen LogP contribution < -0.4 is 0 Å². The van der Waals surface area contributed by atoms with Crippen molar-refractivity contribution in [2.75, 3.05) is 0 Å². The fraction of sp³-hybridized carbons (Fsp3) is 0.194. The van der Waals surface area contributed by atoms with Crippen LogP contribution in [-0.4, -0.2) is 5.78 Å². The number of benzene rings is 4. The Morgan fingerprint density at radius 1 is 0.625 bits per heavy atom. The van der Waals surface area contributed by atoms with Gasteiger partial charge in [-0.05, 0) is 57.7 Å². The SMILES string of the molecule is CCC(C=CC(=O)C=CC(CC)c1cccc2ccccc12)c1cccc2ccccc12. The van der Waals surface area contributed by atoms with Crippen LogP contribution in [0.4, 0.5) is 0 Å². The van der Waals surface area contributed by atoms with Crippen molar-refractivity contribution >= 4 is 27.3 Å². The van der Waals surface area contributed by atoms with Gasteiger partial charge >= 0.3 is 0 Å². The number of hydrogen-bond donors (Lipinski definition) is 0. The van der Waals surface area contributed by atoms with Crippen molar-refractivity contribution in [3.05, 3.63) is 120 Å². The zero-order valence-corrected chi connectivity index (χ0v) is 18.9. The molecule has 0 aliphatic rings. The van der Waals surface area contributed by atoms with Gasteiger partial charge in [-0.2, -0.15) is 0 Å². The van der Waals surface area contributed by atoms with Crippen molar-refractivity contribution in [3.63, 3.8) is 0 Å². The first-order chi connectivity index (χ1) is 15.7. The standard InChI is InChI=1S/C31H30O/c1-3-23(28-17-9-13-25-11-5-7-15-30(25)28)19-21-27(32)22-20-24(4-2)29-18-10-14-26-12-6-8-16-31(26)29/h5-24H,3-4H2,1-2H3. The number of allylic oxidation sites excluding steroid dienone is 4. The van der Waals surface area contributed by atoms with Crippen LogP contribution in [0.2, 0.25) is 0 Å². The van der Waals surface area contributed by atoms with E-state index in [9.17, 15) is 4.79 Å². The van der Waals surface area contributed by atoms with E-state index in [0.717, 1.165) is 12.8 Å². The first-order valence-electron chi connectivity index (χ1n) is 11.6. The summed E-state index contributed by atoms with van der Waals surface area (Å²) in [5.41, 5.74) is 2.56. The Morgan fingerprint density at radius 2 is 1.03 bits per heavy atom. The third-order valence-corrected chi connectivity index (χ3v) is 6.31. The molecule has 4 aromatic carbocycles. The van der Waals surface area contributed by atoms with Crippen LogP contribution in [0.3, 0.4) is 0 Å². The minimum atomic E-state index is 0.0439. The van der Waals surface area contributed by atoms with Gasteiger partial charge in [0.2, 0.25) is 0 Å². The summed E-state index contributed by atoms with van der Waals surface area (Å²) in [6.07, 6.45) is 9.51. The highest BCUT2D eigenvalue weighted by Crippen LogP contribution is 2.30. The van der Waals surface area contributed by atoms with Gasteiger partial charge in [-0.3, -0.25) is 4.79 Å². The molecule has 1 nitrogen and oxygen atoms in total. The molecule has 4 aromatic rings. The quantitative estimate of drug-likeness (QED) is 0.263.